The van der Waals surface area contributed by atoms with E-state index >= 15 is 0 Å². The second-order valence-corrected chi connectivity index (χ2v) is 6.33. The third-order valence-electron chi connectivity index (χ3n) is 3.95. The number of halogens is 1. The van der Waals surface area contributed by atoms with Gasteiger partial charge in [-0.25, -0.2) is 0 Å². The van der Waals surface area contributed by atoms with Crippen LogP contribution in [0, 0.1) is 19.8 Å². The minimum Gasteiger partial charge on any atom is -0.550 e. The van der Waals surface area contributed by atoms with Crippen molar-refractivity contribution in [3.8, 4) is 0 Å². The van der Waals surface area contributed by atoms with E-state index in [0.717, 1.165) is 16.7 Å². The average Bonchev–Trinajstić information content (AvgIpc) is 2.52. The number of anilines is 1. The summed E-state index contributed by atoms with van der Waals surface area (Å²) in [7, 11) is 0. The fraction of sp³-hybridized carbons (Fsp3) is 0.263. The number of carboxylic acid groups (broad SMARTS) is 1. The molecule has 0 spiro atoms. The van der Waals surface area contributed by atoms with Crippen LogP contribution in [0.2, 0.25) is 5.02 Å². The van der Waals surface area contributed by atoms with E-state index in [1.165, 1.54) is 0 Å². The highest BCUT2D eigenvalue weighted by molar-refractivity contribution is 6.30. The number of carbonyl (C=O) groups is 2. The van der Waals surface area contributed by atoms with Crippen LogP contribution in [0.25, 0.3) is 0 Å². The molecule has 0 saturated carbocycles. The predicted octanol–water partition coefficient (Wildman–Crippen LogP) is 2.89. The average molecular weight is 345 g/mol. The first-order valence-corrected chi connectivity index (χ1v) is 8.05. The van der Waals surface area contributed by atoms with Crippen molar-refractivity contribution in [1.29, 1.82) is 0 Å². The Morgan fingerprint density at radius 2 is 1.75 bits per heavy atom. The molecule has 0 aromatic heterocycles. The Labute approximate surface area is 146 Å². The number of aliphatic carboxylic acids is 1. The van der Waals surface area contributed by atoms with Crippen LogP contribution in [-0.2, 0) is 16.0 Å². The first-order valence-electron chi connectivity index (χ1n) is 7.67. The van der Waals surface area contributed by atoms with E-state index in [4.69, 9.17) is 11.6 Å². The lowest BCUT2D eigenvalue weighted by atomic mass is 9.95. The van der Waals surface area contributed by atoms with Gasteiger partial charge in [0.25, 0.3) is 0 Å². The van der Waals surface area contributed by atoms with E-state index in [9.17, 15) is 14.7 Å². The molecular weight excluding hydrogens is 326 g/mol. The molecule has 0 aliphatic heterocycles. The molecule has 0 aliphatic rings. The topological polar surface area (TPSA) is 69.2 Å². The number of rotatable bonds is 6. The summed E-state index contributed by atoms with van der Waals surface area (Å²) in [6, 6.07) is 12.6. The lowest BCUT2D eigenvalue weighted by Crippen LogP contribution is -2.32. The van der Waals surface area contributed by atoms with E-state index in [2.05, 4.69) is 5.32 Å². The number of amides is 1. The van der Waals surface area contributed by atoms with Gasteiger partial charge in [0.2, 0.25) is 5.91 Å². The molecule has 4 nitrogen and oxygen atoms in total. The Kier molecular flexibility index (Phi) is 5.99. The lowest BCUT2D eigenvalue weighted by molar-refractivity contribution is -0.306. The Morgan fingerprint density at radius 1 is 1.08 bits per heavy atom. The van der Waals surface area contributed by atoms with Gasteiger partial charge >= 0.3 is 0 Å². The number of benzene rings is 2. The Balaban J connectivity index is 2.13. The van der Waals surface area contributed by atoms with Gasteiger partial charge in [-0.1, -0.05) is 29.8 Å². The highest BCUT2D eigenvalue weighted by Crippen LogP contribution is 2.19. The zero-order valence-electron chi connectivity index (χ0n) is 13.6. The van der Waals surface area contributed by atoms with Gasteiger partial charge in [-0.15, -0.1) is 0 Å². The molecule has 126 valence electrons. The van der Waals surface area contributed by atoms with Crippen molar-refractivity contribution in [2.45, 2.75) is 26.7 Å². The number of hydrogen-bond acceptors (Lipinski definition) is 3. The van der Waals surface area contributed by atoms with E-state index in [1.54, 1.807) is 30.3 Å². The molecule has 0 fully saturated rings. The molecule has 0 bridgehead atoms. The molecule has 1 amide bonds. The van der Waals surface area contributed by atoms with E-state index in [1.807, 2.05) is 26.0 Å². The molecule has 2 aromatic carbocycles. The van der Waals surface area contributed by atoms with Gasteiger partial charge in [-0.2, -0.15) is 0 Å². The fourth-order valence-electron chi connectivity index (χ4n) is 2.43. The second-order valence-electron chi connectivity index (χ2n) is 5.89. The Bertz CT molecular complexity index is 741. The predicted molar refractivity (Wildman–Crippen MR) is 92.8 cm³/mol. The summed E-state index contributed by atoms with van der Waals surface area (Å²) < 4.78 is 0. The van der Waals surface area contributed by atoms with Gasteiger partial charge in [0.1, 0.15) is 0 Å². The van der Waals surface area contributed by atoms with Crippen LogP contribution >= 0.6 is 11.6 Å². The molecular formula is C19H19ClNO3-. The van der Waals surface area contributed by atoms with Gasteiger partial charge in [-0.05, 0) is 67.6 Å². The molecule has 0 radical (unpaired) electrons. The normalized spacial score (nSPS) is 11.8. The maximum atomic E-state index is 12.5. The van der Waals surface area contributed by atoms with Crippen molar-refractivity contribution in [2.75, 3.05) is 5.32 Å². The van der Waals surface area contributed by atoms with Crippen LogP contribution in [0.1, 0.15) is 23.1 Å². The number of hydrogen-bond donors (Lipinski definition) is 1. The Morgan fingerprint density at radius 3 is 2.33 bits per heavy atom. The molecule has 0 aliphatic carbocycles. The summed E-state index contributed by atoms with van der Waals surface area (Å²) in [5, 5.41) is 14.4. The van der Waals surface area contributed by atoms with Crippen LogP contribution < -0.4 is 10.4 Å². The minimum atomic E-state index is -1.25. The summed E-state index contributed by atoms with van der Waals surface area (Å²) >= 11 is 5.85. The molecule has 1 atom stereocenters. The lowest BCUT2D eigenvalue weighted by Gasteiger charge is -2.18. The number of aryl methyl sites for hydroxylation is 2. The first kappa shape index (κ1) is 18.0. The molecule has 2 rings (SSSR count). The van der Waals surface area contributed by atoms with E-state index in [-0.39, 0.29) is 12.3 Å². The van der Waals surface area contributed by atoms with Gasteiger partial charge in [0.15, 0.2) is 0 Å². The molecule has 0 saturated heterocycles. The summed E-state index contributed by atoms with van der Waals surface area (Å²) in [5.41, 5.74) is 3.69. The van der Waals surface area contributed by atoms with Crippen LogP contribution in [0.3, 0.4) is 0 Å². The smallest absolute Gasteiger partial charge is 0.228 e. The zero-order valence-corrected chi connectivity index (χ0v) is 14.4. The highest BCUT2D eigenvalue weighted by atomic mass is 35.5. The van der Waals surface area contributed by atoms with Crippen molar-refractivity contribution in [2.24, 2.45) is 5.92 Å². The highest BCUT2D eigenvalue weighted by Gasteiger charge is 2.20. The Hall–Kier alpha value is -2.33. The summed E-state index contributed by atoms with van der Waals surface area (Å²) in [6.45, 7) is 3.94. The van der Waals surface area contributed by atoms with Crippen LogP contribution in [0.5, 0.6) is 0 Å². The van der Waals surface area contributed by atoms with Gasteiger partial charge < -0.3 is 15.2 Å². The van der Waals surface area contributed by atoms with Crippen LogP contribution in [-0.4, -0.2) is 11.9 Å². The largest absolute Gasteiger partial charge is 0.550 e. The van der Waals surface area contributed by atoms with Crippen molar-refractivity contribution < 1.29 is 14.7 Å². The SMILES string of the molecule is Cc1ccc(NC(=O)[C@@H](CC(=O)[O-])Cc2ccc(Cl)cc2)cc1C. The summed E-state index contributed by atoms with van der Waals surface area (Å²) in [6.07, 6.45) is -0.0267. The third kappa shape index (κ3) is 5.10. The van der Waals surface area contributed by atoms with E-state index < -0.39 is 11.9 Å². The summed E-state index contributed by atoms with van der Waals surface area (Å²) in [5.74, 6) is -2.29. The standard InChI is InChI=1S/C19H20ClNO3/c1-12-3-8-17(9-13(12)2)21-19(24)15(11-18(22)23)10-14-4-6-16(20)7-5-14/h3-9,15H,10-11H2,1-2H3,(H,21,24)(H,22,23)/p-1/t15-/m1/s1. The quantitative estimate of drug-likeness (QED) is 0.876. The third-order valence-corrected chi connectivity index (χ3v) is 4.21. The van der Waals surface area contributed by atoms with Gasteiger partial charge in [0.05, 0.1) is 0 Å². The second kappa shape index (κ2) is 7.97. The first-order chi connectivity index (χ1) is 11.3. The van der Waals surface area contributed by atoms with Crippen molar-refractivity contribution in [3.63, 3.8) is 0 Å². The number of carboxylic acids is 1. The van der Waals surface area contributed by atoms with Crippen LogP contribution in [0.15, 0.2) is 42.5 Å². The van der Waals surface area contributed by atoms with Gasteiger partial charge in [-0.3, -0.25) is 4.79 Å². The van der Waals surface area contributed by atoms with E-state index in [0.29, 0.717) is 17.1 Å². The van der Waals surface area contributed by atoms with Crippen molar-refractivity contribution in [3.05, 3.63) is 64.2 Å². The fourth-order valence-corrected chi connectivity index (χ4v) is 2.55. The molecule has 0 heterocycles. The number of nitrogens with one attached hydrogen (secondary N) is 1. The molecule has 2 aromatic rings. The molecule has 1 N–H and O–H groups in total. The van der Waals surface area contributed by atoms with Crippen LogP contribution in [0.4, 0.5) is 5.69 Å². The summed E-state index contributed by atoms with van der Waals surface area (Å²) in [4.78, 5) is 23.5. The maximum Gasteiger partial charge on any atom is 0.228 e. The van der Waals surface area contributed by atoms with Crippen molar-refractivity contribution >= 4 is 29.2 Å². The molecule has 5 heteroatoms. The monoisotopic (exact) mass is 344 g/mol. The zero-order chi connectivity index (χ0) is 17.7. The number of carbonyl (C=O) groups excluding carboxylic acids is 2. The molecule has 0 unspecified atom stereocenters. The molecule has 24 heavy (non-hydrogen) atoms. The minimum absolute atomic E-state index is 0.307. The maximum absolute atomic E-state index is 12.5. The van der Waals surface area contributed by atoms with Crippen molar-refractivity contribution in [1.82, 2.24) is 0 Å². The van der Waals surface area contributed by atoms with Gasteiger partial charge in [0, 0.05) is 22.6 Å².